The highest BCUT2D eigenvalue weighted by molar-refractivity contribution is 6.49. The summed E-state index contributed by atoms with van der Waals surface area (Å²) in [6, 6.07) is 4.83. The molecule has 1 N–H and O–H groups in total. The third kappa shape index (κ3) is 2.26. The summed E-state index contributed by atoms with van der Waals surface area (Å²) in [6.45, 7) is 0.433. The summed E-state index contributed by atoms with van der Waals surface area (Å²) in [5.41, 5.74) is 1.81. The van der Waals surface area contributed by atoms with Gasteiger partial charge in [-0.2, -0.15) is 0 Å². The number of amides is 1. The van der Waals surface area contributed by atoms with E-state index < -0.39 is 5.97 Å². The van der Waals surface area contributed by atoms with Gasteiger partial charge in [-0.05, 0) is 24.3 Å². The lowest BCUT2D eigenvalue weighted by Gasteiger charge is -2.08. The fraction of sp³-hybridized carbons (Fsp3) is 0.200. The molecule has 0 saturated carbocycles. The summed E-state index contributed by atoms with van der Waals surface area (Å²) in [5, 5.41) is 2.67. The summed E-state index contributed by atoms with van der Waals surface area (Å²) in [6.07, 6.45) is 1.79. The van der Waals surface area contributed by atoms with Gasteiger partial charge in [0.25, 0.3) is 5.91 Å². The lowest BCUT2D eigenvalue weighted by molar-refractivity contribution is -0.114. The molecule has 0 atom stereocenters. The van der Waals surface area contributed by atoms with Gasteiger partial charge in [-0.25, -0.2) is 14.8 Å². The Bertz CT molecular complexity index is 762. The Kier molecular flexibility index (Phi) is 3.46. The molecule has 0 saturated heterocycles. The zero-order valence-corrected chi connectivity index (χ0v) is 12.0. The Hall–Kier alpha value is -2.96. The van der Waals surface area contributed by atoms with Gasteiger partial charge in [-0.15, -0.1) is 0 Å². The van der Waals surface area contributed by atoms with Crippen LogP contribution in [0.5, 0.6) is 5.75 Å². The van der Waals surface area contributed by atoms with Crippen LogP contribution >= 0.6 is 0 Å². The Labute approximate surface area is 126 Å². The molecular formula is C15H13N3O4. The van der Waals surface area contributed by atoms with Gasteiger partial charge in [0.2, 0.25) is 0 Å². The number of carbonyl (C=O) groups is 2. The zero-order chi connectivity index (χ0) is 15.7. The third-order valence-electron chi connectivity index (χ3n) is 3.32. The largest absolute Gasteiger partial charge is 0.496 e. The molecule has 2 heterocycles. The molecule has 2 aliphatic heterocycles. The lowest BCUT2D eigenvalue weighted by Crippen LogP contribution is -2.35. The average molecular weight is 299 g/mol. The molecule has 7 nitrogen and oxygen atoms in total. The second kappa shape index (κ2) is 5.44. The van der Waals surface area contributed by atoms with E-state index in [1.54, 1.807) is 24.3 Å². The van der Waals surface area contributed by atoms with E-state index in [2.05, 4.69) is 20.0 Å². The van der Waals surface area contributed by atoms with Crippen molar-refractivity contribution in [3.05, 3.63) is 41.1 Å². The van der Waals surface area contributed by atoms with Crippen molar-refractivity contribution in [2.24, 2.45) is 9.98 Å². The van der Waals surface area contributed by atoms with E-state index in [9.17, 15) is 9.59 Å². The quantitative estimate of drug-likeness (QED) is 0.832. The van der Waals surface area contributed by atoms with Gasteiger partial charge < -0.3 is 14.8 Å². The maximum Gasteiger partial charge on any atom is 0.337 e. The fourth-order valence-electron chi connectivity index (χ4n) is 2.23. The minimum Gasteiger partial charge on any atom is -0.496 e. The van der Waals surface area contributed by atoms with Crippen molar-refractivity contribution in [2.45, 2.75) is 0 Å². The highest BCUT2D eigenvalue weighted by Gasteiger charge is 2.27. The third-order valence-corrected chi connectivity index (χ3v) is 3.32. The molecular weight excluding hydrogens is 286 g/mol. The molecule has 1 amide bonds. The van der Waals surface area contributed by atoms with Gasteiger partial charge in [0.05, 0.1) is 31.0 Å². The van der Waals surface area contributed by atoms with Crippen molar-refractivity contribution in [3.63, 3.8) is 0 Å². The first-order valence-electron chi connectivity index (χ1n) is 6.57. The van der Waals surface area contributed by atoms with Gasteiger partial charge in [0, 0.05) is 6.54 Å². The van der Waals surface area contributed by atoms with E-state index in [-0.39, 0.29) is 5.91 Å². The van der Waals surface area contributed by atoms with E-state index in [1.165, 1.54) is 14.2 Å². The summed E-state index contributed by atoms with van der Waals surface area (Å²) in [5.74, 6) is 0.110. The monoisotopic (exact) mass is 299 g/mol. The number of rotatable bonds is 3. The number of methoxy groups -OCH3 is 2. The van der Waals surface area contributed by atoms with Gasteiger partial charge in [-0.1, -0.05) is 0 Å². The molecule has 2 aliphatic rings. The van der Waals surface area contributed by atoms with E-state index in [4.69, 9.17) is 4.74 Å². The second-order valence-corrected chi connectivity index (χ2v) is 4.60. The number of aliphatic imine (C=N–C) groups is 2. The molecule has 7 heteroatoms. The van der Waals surface area contributed by atoms with E-state index >= 15 is 0 Å². The number of fused-ring (bicyclic) bond motifs is 1. The lowest BCUT2D eigenvalue weighted by atomic mass is 10.1. The van der Waals surface area contributed by atoms with Crippen LogP contribution in [-0.2, 0) is 9.53 Å². The van der Waals surface area contributed by atoms with Crippen molar-refractivity contribution < 1.29 is 19.1 Å². The van der Waals surface area contributed by atoms with Crippen molar-refractivity contribution in [3.8, 4) is 5.75 Å². The average Bonchev–Trinajstić information content (AvgIpc) is 2.99. The number of nitrogens with zero attached hydrogens (tertiary/aromatic N) is 2. The SMILES string of the molecule is COC(=O)c1ccc(C2=NC3=CCNC(=O)C3=N2)c(OC)c1. The van der Waals surface area contributed by atoms with E-state index in [1.807, 2.05) is 0 Å². The molecule has 0 bridgehead atoms. The van der Waals surface area contributed by atoms with Crippen LogP contribution in [0.15, 0.2) is 40.0 Å². The van der Waals surface area contributed by atoms with Crippen LogP contribution in [0.1, 0.15) is 15.9 Å². The normalized spacial score (nSPS) is 16.1. The van der Waals surface area contributed by atoms with E-state index in [0.717, 1.165) is 0 Å². The van der Waals surface area contributed by atoms with Crippen LogP contribution in [0.2, 0.25) is 0 Å². The number of hydrogen-bond donors (Lipinski definition) is 1. The zero-order valence-electron chi connectivity index (χ0n) is 12.0. The first-order chi connectivity index (χ1) is 10.6. The molecule has 0 fully saturated rings. The first kappa shape index (κ1) is 14.0. The Morgan fingerprint density at radius 1 is 1.27 bits per heavy atom. The Morgan fingerprint density at radius 2 is 2.09 bits per heavy atom. The Balaban J connectivity index is 2.03. The standard InChI is InChI=1S/C15H13N3O4/c1-21-11-7-8(15(20)22-2)3-4-9(11)13-17-10-5-6-16-14(19)12(10)18-13/h3-5,7H,6H2,1-2H3,(H,16,19). The molecule has 0 aliphatic carbocycles. The predicted molar refractivity (Wildman–Crippen MR) is 79.4 cm³/mol. The summed E-state index contributed by atoms with van der Waals surface area (Å²) >= 11 is 0. The van der Waals surface area contributed by atoms with Gasteiger partial charge in [0.15, 0.2) is 11.5 Å². The molecule has 0 radical (unpaired) electrons. The van der Waals surface area contributed by atoms with Gasteiger partial charge in [0.1, 0.15) is 5.75 Å². The van der Waals surface area contributed by atoms with Gasteiger partial charge in [-0.3, -0.25) is 4.79 Å². The second-order valence-electron chi connectivity index (χ2n) is 4.60. The summed E-state index contributed by atoms with van der Waals surface area (Å²) in [4.78, 5) is 31.9. The number of ether oxygens (including phenoxy) is 2. The maximum absolute atomic E-state index is 11.7. The fourth-order valence-corrected chi connectivity index (χ4v) is 2.23. The van der Waals surface area contributed by atoms with Crippen LogP contribution in [0.25, 0.3) is 0 Å². The van der Waals surface area contributed by atoms with Crippen LogP contribution in [0.3, 0.4) is 0 Å². The minimum absolute atomic E-state index is 0.249. The summed E-state index contributed by atoms with van der Waals surface area (Å²) in [7, 11) is 2.80. The number of benzene rings is 1. The van der Waals surface area contributed by atoms with Crippen molar-refractivity contribution in [2.75, 3.05) is 20.8 Å². The van der Waals surface area contributed by atoms with Crippen molar-refractivity contribution in [1.82, 2.24) is 5.32 Å². The number of hydrogen-bond acceptors (Lipinski definition) is 6. The van der Waals surface area contributed by atoms with Crippen LogP contribution in [-0.4, -0.2) is 44.2 Å². The van der Waals surface area contributed by atoms with Crippen LogP contribution in [0, 0.1) is 0 Å². The van der Waals surface area contributed by atoms with Gasteiger partial charge >= 0.3 is 5.97 Å². The molecule has 3 rings (SSSR count). The topological polar surface area (TPSA) is 89.3 Å². The predicted octanol–water partition coefficient (Wildman–Crippen LogP) is 0.697. The molecule has 22 heavy (non-hydrogen) atoms. The van der Waals surface area contributed by atoms with E-state index in [0.29, 0.717) is 40.7 Å². The number of nitrogens with one attached hydrogen (secondary N) is 1. The van der Waals surface area contributed by atoms with Crippen LogP contribution < -0.4 is 10.1 Å². The molecule has 0 aromatic heterocycles. The first-order valence-corrected chi connectivity index (χ1v) is 6.57. The molecule has 1 aromatic carbocycles. The highest BCUT2D eigenvalue weighted by Crippen LogP contribution is 2.26. The maximum atomic E-state index is 11.7. The highest BCUT2D eigenvalue weighted by atomic mass is 16.5. The smallest absolute Gasteiger partial charge is 0.337 e. The van der Waals surface area contributed by atoms with Crippen LogP contribution in [0.4, 0.5) is 0 Å². The Morgan fingerprint density at radius 3 is 2.77 bits per heavy atom. The molecule has 1 aromatic rings. The van der Waals surface area contributed by atoms with Crippen molar-refractivity contribution in [1.29, 1.82) is 0 Å². The molecule has 0 spiro atoms. The minimum atomic E-state index is -0.458. The van der Waals surface area contributed by atoms with Crippen molar-refractivity contribution >= 4 is 23.4 Å². The number of amidine groups is 1. The number of carbonyl (C=O) groups excluding carboxylic acids is 2. The number of esters is 1. The summed E-state index contributed by atoms with van der Waals surface area (Å²) < 4.78 is 9.97. The molecule has 0 unspecified atom stereocenters. The molecule has 112 valence electrons.